The highest BCUT2D eigenvalue weighted by molar-refractivity contribution is 5.42. The molecule has 1 aliphatic heterocycles. The van der Waals surface area contributed by atoms with Crippen LogP contribution in [0.3, 0.4) is 0 Å². The Hall–Kier alpha value is -1.02. The summed E-state index contributed by atoms with van der Waals surface area (Å²) in [6.45, 7) is 3.10. The molecule has 1 fully saturated rings. The van der Waals surface area contributed by atoms with Gasteiger partial charge in [0.1, 0.15) is 5.75 Å². The van der Waals surface area contributed by atoms with E-state index in [4.69, 9.17) is 10.5 Å². The zero-order chi connectivity index (χ0) is 11.9. The van der Waals surface area contributed by atoms with Gasteiger partial charge in [-0.15, -0.1) is 0 Å². The molecule has 1 aromatic rings. The molecule has 2 aliphatic rings. The third-order valence-corrected chi connectivity index (χ3v) is 4.49. The van der Waals surface area contributed by atoms with Gasteiger partial charge in [0.15, 0.2) is 0 Å². The first-order valence-electron chi connectivity index (χ1n) is 6.76. The molecule has 1 aromatic carbocycles. The normalized spacial score (nSPS) is 31.3. The lowest BCUT2D eigenvalue weighted by molar-refractivity contribution is 0.356. The molecule has 0 saturated heterocycles. The first-order chi connectivity index (χ1) is 8.21. The monoisotopic (exact) mass is 231 g/mol. The molecule has 0 aromatic heterocycles. The van der Waals surface area contributed by atoms with Crippen molar-refractivity contribution in [2.75, 3.05) is 6.61 Å². The van der Waals surface area contributed by atoms with Crippen LogP contribution in [0.1, 0.15) is 43.7 Å². The largest absolute Gasteiger partial charge is 0.493 e. The van der Waals surface area contributed by atoms with Gasteiger partial charge in [-0.2, -0.15) is 0 Å². The van der Waals surface area contributed by atoms with Crippen molar-refractivity contribution in [1.82, 2.24) is 0 Å². The summed E-state index contributed by atoms with van der Waals surface area (Å²) in [4.78, 5) is 0. The first kappa shape index (κ1) is 11.1. The summed E-state index contributed by atoms with van der Waals surface area (Å²) in [7, 11) is 0. The van der Waals surface area contributed by atoms with E-state index in [-0.39, 0.29) is 5.54 Å². The molecule has 0 radical (unpaired) electrons. The van der Waals surface area contributed by atoms with E-state index in [1.165, 1.54) is 24.0 Å². The average Bonchev–Trinajstić information content (AvgIpc) is 2.94. The minimum atomic E-state index is -0.0850. The van der Waals surface area contributed by atoms with Crippen LogP contribution in [0.2, 0.25) is 0 Å². The zero-order valence-corrected chi connectivity index (χ0v) is 10.5. The Labute approximate surface area is 103 Å². The molecule has 1 aliphatic carbocycles. The van der Waals surface area contributed by atoms with E-state index in [0.717, 1.165) is 37.5 Å². The highest BCUT2D eigenvalue weighted by Gasteiger charge is 2.36. The predicted molar refractivity (Wildman–Crippen MR) is 69.1 cm³/mol. The number of rotatable bonds is 2. The van der Waals surface area contributed by atoms with Gasteiger partial charge in [-0.1, -0.05) is 25.5 Å². The third-order valence-electron chi connectivity index (χ3n) is 4.49. The summed E-state index contributed by atoms with van der Waals surface area (Å²) in [5, 5.41) is 0. The summed E-state index contributed by atoms with van der Waals surface area (Å²) in [6, 6.07) is 6.55. The predicted octanol–water partition coefficient (Wildman–Crippen LogP) is 2.99. The Morgan fingerprint density at radius 3 is 3.12 bits per heavy atom. The van der Waals surface area contributed by atoms with Gasteiger partial charge in [-0.25, -0.2) is 0 Å². The summed E-state index contributed by atoms with van der Waals surface area (Å²) < 4.78 is 5.55. The second-order valence-electron chi connectivity index (χ2n) is 5.59. The van der Waals surface area contributed by atoms with Crippen molar-refractivity contribution in [3.8, 4) is 5.75 Å². The number of nitrogens with two attached hydrogens (primary N) is 1. The van der Waals surface area contributed by atoms with E-state index >= 15 is 0 Å². The molecule has 1 saturated carbocycles. The van der Waals surface area contributed by atoms with Gasteiger partial charge < -0.3 is 10.5 Å². The lowest BCUT2D eigenvalue weighted by atomic mass is 9.87. The minimum absolute atomic E-state index is 0.0850. The number of fused-ring (bicyclic) bond motifs is 1. The van der Waals surface area contributed by atoms with Crippen LogP contribution in [0.15, 0.2) is 18.2 Å². The van der Waals surface area contributed by atoms with Crippen LogP contribution in [0.5, 0.6) is 5.75 Å². The number of ether oxygens (including phenoxy) is 1. The van der Waals surface area contributed by atoms with Crippen molar-refractivity contribution < 1.29 is 4.74 Å². The van der Waals surface area contributed by atoms with E-state index in [2.05, 4.69) is 25.1 Å². The molecular formula is C15H21NO. The molecule has 0 amide bonds. The summed E-state index contributed by atoms with van der Waals surface area (Å²) >= 11 is 0. The van der Waals surface area contributed by atoms with Crippen LogP contribution in [0, 0.1) is 5.92 Å². The second kappa shape index (κ2) is 4.02. The van der Waals surface area contributed by atoms with Gasteiger partial charge >= 0.3 is 0 Å². The minimum Gasteiger partial charge on any atom is -0.493 e. The Bertz CT molecular complexity index is 429. The maximum absolute atomic E-state index is 6.60. The van der Waals surface area contributed by atoms with Gasteiger partial charge in [0, 0.05) is 12.0 Å². The molecule has 2 nitrogen and oxygen atoms in total. The first-order valence-corrected chi connectivity index (χ1v) is 6.76. The fraction of sp³-hybridized carbons (Fsp3) is 0.600. The SMILES string of the molecule is CCC1CCC(N)(c2ccc3c(c2)CCO3)C1. The van der Waals surface area contributed by atoms with Crippen LogP contribution in [-0.4, -0.2) is 6.61 Å². The van der Waals surface area contributed by atoms with Crippen molar-refractivity contribution in [3.63, 3.8) is 0 Å². The van der Waals surface area contributed by atoms with Crippen LogP contribution < -0.4 is 10.5 Å². The maximum atomic E-state index is 6.60. The van der Waals surface area contributed by atoms with E-state index in [0.29, 0.717) is 0 Å². The lowest BCUT2D eigenvalue weighted by Gasteiger charge is -2.25. The highest BCUT2D eigenvalue weighted by Crippen LogP contribution is 2.42. The molecule has 2 heteroatoms. The van der Waals surface area contributed by atoms with E-state index in [1.54, 1.807) is 0 Å². The Morgan fingerprint density at radius 1 is 1.47 bits per heavy atom. The fourth-order valence-corrected chi connectivity index (χ4v) is 3.29. The number of benzene rings is 1. The van der Waals surface area contributed by atoms with Crippen molar-refractivity contribution in [2.45, 2.75) is 44.6 Å². The molecule has 2 unspecified atom stereocenters. The molecule has 92 valence electrons. The van der Waals surface area contributed by atoms with E-state index in [1.807, 2.05) is 0 Å². The number of hydrogen-bond donors (Lipinski definition) is 1. The number of hydrogen-bond acceptors (Lipinski definition) is 2. The Kier molecular flexibility index (Phi) is 2.62. The van der Waals surface area contributed by atoms with E-state index < -0.39 is 0 Å². The summed E-state index contributed by atoms with van der Waals surface area (Å²) in [5.74, 6) is 1.87. The van der Waals surface area contributed by atoms with Crippen LogP contribution >= 0.6 is 0 Å². The van der Waals surface area contributed by atoms with Crippen LogP contribution in [0.25, 0.3) is 0 Å². The van der Waals surface area contributed by atoms with Crippen LogP contribution in [0.4, 0.5) is 0 Å². The average molecular weight is 231 g/mol. The zero-order valence-electron chi connectivity index (χ0n) is 10.5. The topological polar surface area (TPSA) is 35.2 Å². The molecule has 0 spiro atoms. The molecule has 3 rings (SSSR count). The van der Waals surface area contributed by atoms with Crippen LogP contribution in [-0.2, 0) is 12.0 Å². The third kappa shape index (κ3) is 1.85. The molecule has 0 bridgehead atoms. The van der Waals surface area contributed by atoms with Gasteiger partial charge in [-0.05, 0) is 42.4 Å². The fourth-order valence-electron chi connectivity index (χ4n) is 3.29. The van der Waals surface area contributed by atoms with Crippen molar-refractivity contribution in [1.29, 1.82) is 0 Å². The van der Waals surface area contributed by atoms with Gasteiger partial charge in [-0.3, -0.25) is 0 Å². The molecular weight excluding hydrogens is 210 g/mol. The highest BCUT2D eigenvalue weighted by atomic mass is 16.5. The molecule has 2 N–H and O–H groups in total. The summed E-state index contributed by atoms with van der Waals surface area (Å²) in [6.07, 6.45) is 5.85. The van der Waals surface area contributed by atoms with Gasteiger partial charge in [0.2, 0.25) is 0 Å². The standard InChI is InChI=1S/C15H21NO/c1-2-11-5-7-15(16,10-11)13-3-4-14-12(9-13)6-8-17-14/h3-4,9,11H,2,5-8,10,16H2,1H3. The van der Waals surface area contributed by atoms with Crippen molar-refractivity contribution in [2.24, 2.45) is 11.7 Å². The molecule has 17 heavy (non-hydrogen) atoms. The van der Waals surface area contributed by atoms with Crippen molar-refractivity contribution >= 4 is 0 Å². The lowest BCUT2D eigenvalue weighted by Crippen LogP contribution is -2.33. The summed E-state index contributed by atoms with van der Waals surface area (Å²) in [5.41, 5.74) is 9.17. The molecule has 1 heterocycles. The van der Waals surface area contributed by atoms with E-state index in [9.17, 15) is 0 Å². The van der Waals surface area contributed by atoms with Crippen molar-refractivity contribution in [3.05, 3.63) is 29.3 Å². The Morgan fingerprint density at radius 2 is 2.35 bits per heavy atom. The second-order valence-corrected chi connectivity index (χ2v) is 5.59. The molecule has 2 atom stereocenters. The maximum Gasteiger partial charge on any atom is 0.122 e. The van der Waals surface area contributed by atoms with Gasteiger partial charge in [0.05, 0.1) is 6.61 Å². The van der Waals surface area contributed by atoms with Gasteiger partial charge in [0.25, 0.3) is 0 Å². The quantitative estimate of drug-likeness (QED) is 0.849. The smallest absolute Gasteiger partial charge is 0.122 e. The Balaban J connectivity index is 1.89.